The highest BCUT2D eigenvalue weighted by atomic mass is 79.9. The van der Waals surface area contributed by atoms with Crippen molar-refractivity contribution in [2.75, 3.05) is 5.73 Å². The molecule has 0 bridgehead atoms. The zero-order valence-electron chi connectivity index (χ0n) is 9.15. The minimum absolute atomic E-state index is 0.156. The lowest BCUT2D eigenvalue weighted by Gasteiger charge is -2.14. The zero-order chi connectivity index (χ0) is 11.7. The number of anilines is 1. The van der Waals surface area contributed by atoms with Crippen LogP contribution in [0.4, 0.5) is 5.69 Å². The molecule has 0 saturated carbocycles. The third-order valence-corrected chi connectivity index (χ3v) is 3.36. The van der Waals surface area contributed by atoms with Crippen LogP contribution in [0.15, 0.2) is 21.7 Å². The van der Waals surface area contributed by atoms with E-state index in [1.807, 2.05) is 4.57 Å². The number of aromatic nitrogens is 1. The number of hydrogen-bond donors (Lipinski definition) is 1. The van der Waals surface area contributed by atoms with Crippen molar-refractivity contribution in [2.24, 2.45) is 0 Å². The minimum atomic E-state index is -0.156. The van der Waals surface area contributed by atoms with Crippen LogP contribution in [0.2, 0.25) is 0 Å². The molecule has 2 heterocycles. The van der Waals surface area contributed by atoms with Crippen LogP contribution < -0.4 is 11.2 Å². The summed E-state index contributed by atoms with van der Waals surface area (Å²) in [7, 11) is 0. The first-order valence-corrected chi connectivity index (χ1v) is 6.16. The van der Waals surface area contributed by atoms with Crippen molar-refractivity contribution in [3.63, 3.8) is 0 Å². The van der Waals surface area contributed by atoms with Crippen molar-refractivity contribution < 1.29 is 4.74 Å². The van der Waals surface area contributed by atoms with Crippen LogP contribution in [0.3, 0.4) is 0 Å². The highest BCUT2D eigenvalue weighted by Gasteiger charge is 2.21. The highest BCUT2D eigenvalue weighted by molar-refractivity contribution is 9.10. The minimum Gasteiger partial charge on any atom is -0.394 e. The van der Waals surface area contributed by atoms with Gasteiger partial charge >= 0.3 is 0 Å². The van der Waals surface area contributed by atoms with Crippen molar-refractivity contribution in [2.45, 2.75) is 38.5 Å². The molecule has 2 unspecified atom stereocenters. The molecule has 88 valence electrons. The topological polar surface area (TPSA) is 57.2 Å². The number of hydrogen-bond acceptors (Lipinski definition) is 3. The molecule has 1 aromatic heterocycles. The molecule has 2 rings (SSSR count). The molecule has 0 spiro atoms. The second-order valence-electron chi connectivity index (χ2n) is 4.23. The number of rotatable bonds is 2. The van der Waals surface area contributed by atoms with Gasteiger partial charge in [-0.3, -0.25) is 4.79 Å². The fraction of sp³-hybridized carbons (Fsp3) is 0.545. The molecular formula is C11H15BrN2O2. The monoisotopic (exact) mass is 286 g/mol. The van der Waals surface area contributed by atoms with Gasteiger partial charge in [0.15, 0.2) is 0 Å². The van der Waals surface area contributed by atoms with Gasteiger partial charge in [0.25, 0.3) is 0 Å². The largest absolute Gasteiger partial charge is 0.394 e. The summed E-state index contributed by atoms with van der Waals surface area (Å²) < 4.78 is 8.13. The Hall–Kier alpha value is -0.810. The zero-order valence-corrected chi connectivity index (χ0v) is 10.7. The molecule has 4 nitrogen and oxygen atoms in total. The number of ether oxygens (including phenoxy) is 1. The Morgan fingerprint density at radius 3 is 2.88 bits per heavy atom. The summed E-state index contributed by atoms with van der Waals surface area (Å²) in [5.41, 5.74) is 5.73. The maximum atomic E-state index is 11.4. The first-order chi connectivity index (χ1) is 7.56. The van der Waals surface area contributed by atoms with E-state index >= 15 is 0 Å². The van der Waals surface area contributed by atoms with Gasteiger partial charge in [0.2, 0.25) is 5.43 Å². The van der Waals surface area contributed by atoms with E-state index in [1.165, 1.54) is 0 Å². The highest BCUT2D eigenvalue weighted by Crippen LogP contribution is 2.20. The molecular weight excluding hydrogens is 272 g/mol. The van der Waals surface area contributed by atoms with Gasteiger partial charge < -0.3 is 15.0 Å². The van der Waals surface area contributed by atoms with Gasteiger partial charge in [0, 0.05) is 18.9 Å². The molecule has 5 heteroatoms. The number of pyridine rings is 1. The summed E-state index contributed by atoms with van der Waals surface area (Å²) in [4.78, 5) is 11.4. The molecule has 0 aliphatic carbocycles. The average Bonchev–Trinajstić information content (AvgIpc) is 2.60. The lowest BCUT2D eigenvalue weighted by molar-refractivity contribution is 0.0457. The summed E-state index contributed by atoms with van der Waals surface area (Å²) in [6, 6.07) is 0. The molecule has 1 saturated heterocycles. The van der Waals surface area contributed by atoms with E-state index in [9.17, 15) is 4.79 Å². The molecule has 16 heavy (non-hydrogen) atoms. The molecule has 1 fully saturated rings. The molecule has 1 aliphatic heterocycles. The van der Waals surface area contributed by atoms with Crippen LogP contribution in [0, 0.1) is 0 Å². The maximum absolute atomic E-state index is 11.4. The van der Waals surface area contributed by atoms with Gasteiger partial charge in [-0.15, -0.1) is 0 Å². The predicted molar refractivity (Wildman–Crippen MR) is 66.4 cm³/mol. The van der Waals surface area contributed by atoms with Gasteiger partial charge in [-0.1, -0.05) is 0 Å². The standard InChI is InChI=1S/C11H15BrN2O2/c1-7-2-3-8(16-7)4-14-5-9(12)11(15)10(13)6-14/h5-8H,2-4,13H2,1H3. The van der Waals surface area contributed by atoms with Crippen LogP contribution in [0.1, 0.15) is 19.8 Å². The predicted octanol–water partition coefficient (Wildman–Crippen LogP) is 1.76. The SMILES string of the molecule is CC1CCC(Cn2cc(N)c(=O)c(Br)c2)O1. The molecule has 0 amide bonds. The summed E-state index contributed by atoms with van der Waals surface area (Å²) in [6.45, 7) is 2.82. The van der Waals surface area contributed by atoms with Crippen molar-refractivity contribution >= 4 is 21.6 Å². The normalized spacial score (nSPS) is 24.9. The molecule has 0 aromatic carbocycles. The number of halogens is 1. The molecule has 2 N–H and O–H groups in total. The second-order valence-corrected chi connectivity index (χ2v) is 5.09. The molecule has 1 aromatic rings. The van der Waals surface area contributed by atoms with E-state index in [0.29, 0.717) is 10.6 Å². The van der Waals surface area contributed by atoms with Gasteiger partial charge in [0.05, 0.1) is 22.4 Å². The maximum Gasteiger partial charge on any atom is 0.218 e. The van der Waals surface area contributed by atoms with Gasteiger partial charge in [-0.2, -0.15) is 0 Å². The van der Waals surface area contributed by atoms with Crippen LogP contribution in [-0.2, 0) is 11.3 Å². The summed E-state index contributed by atoms with van der Waals surface area (Å²) >= 11 is 3.20. The first-order valence-electron chi connectivity index (χ1n) is 5.37. The van der Waals surface area contributed by atoms with Crippen LogP contribution in [-0.4, -0.2) is 16.8 Å². The summed E-state index contributed by atoms with van der Waals surface area (Å²) in [6.07, 6.45) is 6.14. The Morgan fingerprint density at radius 1 is 1.56 bits per heavy atom. The van der Waals surface area contributed by atoms with Gasteiger partial charge in [-0.25, -0.2) is 0 Å². The average molecular weight is 287 g/mol. The van der Waals surface area contributed by atoms with Gasteiger partial charge in [-0.05, 0) is 35.7 Å². The number of nitrogens with two attached hydrogens (primary N) is 1. The summed E-state index contributed by atoms with van der Waals surface area (Å²) in [5, 5.41) is 0. The molecule has 1 aliphatic rings. The second kappa shape index (κ2) is 4.59. The van der Waals surface area contributed by atoms with E-state index in [4.69, 9.17) is 10.5 Å². The Labute approximate surface area is 103 Å². The Bertz CT molecular complexity index is 418. The van der Waals surface area contributed by atoms with Crippen molar-refractivity contribution in [3.05, 3.63) is 27.1 Å². The van der Waals surface area contributed by atoms with E-state index in [0.717, 1.165) is 19.4 Å². The number of nitrogens with zero attached hydrogens (tertiary/aromatic N) is 1. The smallest absolute Gasteiger partial charge is 0.218 e. The third-order valence-electron chi connectivity index (χ3n) is 2.80. The fourth-order valence-electron chi connectivity index (χ4n) is 1.98. The van der Waals surface area contributed by atoms with Crippen molar-refractivity contribution in [3.8, 4) is 0 Å². The lowest BCUT2D eigenvalue weighted by Crippen LogP contribution is -2.19. The van der Waals surface area contributed by atoms with E-state index in [2.05, 4.69) is 22.9 Å². The van der Waals surface area contributed by atoms with Crippen LogP contribution in [0.5, 0.6) is 0 Å². The Morgan fingerprint density at radius 2 is 2.31 bits per heavy atom. The Kier molecular flexibility index (Phi) is 3.35. The first kappa shape index (κ1) is 11.7. The molecule has 2 atom stereocenters. The van der Waals surface area contributed by atoms with E-state index < -0.39 is 0 Å². The third kappa shape index (κ3) is 2.47. The Balaban J connectivity index is 2.13. The fourth-order valence-corrected chi connectivity index (χ4v) is 2.47. The lowest BCUT2D eigenvalue weighted by atomic mass is 10.2. The van der Waals surface area contributed by atoms with E-state index in [-0.39, 0.29) is 17.2 Å². The quantitative estimate of drug-likeness (QED) is 0.901. The van der Waals surface area contributed by atoms with Gasteiger partial charge in [0.1, 0.15) is 0 Å². The summed E-state index contributed by atoms with van der Waals surface area (Å²) in [5.74, 6) is 0. The van der Waals surface area contributed by atoms with Crippen molar-refractivity contribution in [1.29, 1.82) is 0 Å². The molecule has 0 radical (unpaired) electrons. The van der Waals surface area contributed by atoms with Crippen LogP contribution in [0.25, 0.3) is 0 Å². The van der Waals surface area contributed by atoms with Crippen molar-refractivity contribution in [1.82, 2.24) is 4.57 Å². The van der Waals surface area contributed by atoms with Crippen LogP contribution >= 0.6 is 15.9 Å². The van der Waals surface area contributed by atoms with E-state index in [1.54, 1.807) is 12.4 Å². The number of nitrogen functional groups attached to an aromatic ring is 1.